The number of nitrogens with zero attached hydrogens (tertiary/aromatic N) is 2. The van der Waals surface area contributed by atoms with E-state index in [0.29, 0.717) is 26.0 Å². The monoisotopic (exact) mass is 294 g/mol. The first kappa shape index (κ1) is 15.2. The van der Waals surface area contributed by atoms with Crippen molar-refractivity contribution in [1.29, 1.82) is 0 Å². The van der Waals surface area contributed by atoms with E-state index >= 15 is 0 Å². The van der Waals surface area contributed by atoms with Crippen molar-refractivity contribution in [3.05, 3.63) is 33.9 Å². The Morgan fingerprint density at radius 3 is 2.95 bits per heavy atom. The number of carbonyl (C=O) groups excluding carboxylic acids is 1. The van der Waals surface area contributed by atoms with Gasteiger partial charge in [0, 0.05) is 19.2 Å². The van der Waals surface area contributed by atoms with Crippen molar-refractivity contribution in [2.75, 3.05) is 19.7 Å². The SMILES string of the molecule is CCOc1cccc([N+](=O)[O-])c1C(=O)N1CCCC(O)C1. The van der Waals surface area contributed by atoms with Gasteiger partial charge in [0.2, 0.25) is 0 Å². The summed E-state index contributed by atoms with van der Waals surface area (Å²) in [5, 5.41) is 20.8. The normalized spacial score (nSPS) is 18.4. The molecule has 0 bridgehead atoms. The number of nitro benzene ring substituents is 1. The Kier molecular flexibility index (Phi) is 4.74. The van der Waals surface area contributed by atoms with Gasteiger partial charge in [-0.25, -0.2) is 0 Å². The molecule has 1 N–H and O–H groups in total. The first-order valence-electron chi connectivity index (χ1n) is 6.92. The van der Waals surface area contributed by atoms with Crippen LogP contribution in [0.1, 0.15) is 30.1 Å². The molecule has 0 spiro atoms. The number of benzene rings is 1. The Bertz CT molecular complexity index is 546. The van der Waals surface area contributed by atoms with Gasteiger partial charge in [0.25, 0.3) is 11.6 Å². The molecule has 1 aromatic rings. The lowest BCUT2D eigenvalue weighted by atomic mass is 10.1. The fourth-order valence-electron chi connectivity index (χ4n) is 2.46. The summed E-state index contributed by atoms with van der Waals surface area (Å²) in [6, 6.07) is 4.32. The van der Waals surface area contributed by atoms with E-state index in [4.69, 9.17) is 4.74 Å². The van der Waals surface area contributed by atoms with Gasteiger partial charge in [0.05, 0.1) is 17.6 Å². The second-order valence-electron chi connectivity index (χ2n) is 4.89. The topological polar surface area (TPSA) is 92.9 Å². The lowest BCUT2D eigenvalue weighted by Gasteiger charge is -2.30. The van der Waals surface area contributed by atoms with E-state index in [-0.39, 0.29) is 23.5 Å². The second-order valence-corrected chi connectivity index (χ2v) is 4.89. The molecular weight excluding hydrogens is 276 g/mol. The largest absolute Gasteiger partial charge is 0.493 e. The molecule has 1 atom stereocenters. The van der Waals surface area contributed by atoms with Crippen molar-refractivity contribution in [2.45, 2.75) is 25.9 Å². The number of aliphatic hydroxyl groups is 1. The van der Waals surface area contributed by atoms with E-state index in [1.807, 2.05) is 0 Å². The summed E-state index contributed by atoms with van der Waals surface area (Å²) in [5.41, 5.74) is -0.315. The van der Waals surface area contributed by atoms with Gasteiger partial charge in [-0.2, -0.15) is 0 Å². The quantitative estimate of drug-likeness (QED) is 0.672. The van der Waals surface area contributed by atoms with Gasteiger partial charge >= 0.3 is 0 Å². The third-order valence-electron chi connectivity index (χ3n) is 3.40. The minimum absolute atomic E-state index is 0.0431. The molecule has 21 heavy (non-hydrogen) atoms. The predicted octanol–water partition coefficient (Wildman–Crippen LogP) is 1.59. The molecular formula is C14H18N2O5. The lowest BCUT2D eigenvalue weighted by Crippen LogP contribution is -2.42. The van der Waals surface area contributed by atoms with Crippen LogP contribution in [-0.4, -0.2) is 46.6 Å². The molecule has 114 valence electrons. The lowest BCUT2D eigenvalue weighted by molar-refractivity contribution is -0.385. The van der Waals surface area contributed by atoms with Gasteiger partial charge in [0.15, 0.2) is 5.56 Å². The predicted molar refractivity (Wildman–Crippen MR) is 75.4 cm³/mol. The molecule has 1 fully saturated rings. The maximum absolute atomic E-state index is 12.6. The molecule has 7 nitrogen and oxygen atoms in total. The molecule has 2 rings (SSSR count). The van der Waals surface area contributed by atoms with Crippen molar-refractivity contribution in [3.8, 4) is 5.75 Å². The number of hydrogen-bond acceptors (Lipinski definition) is 5. The van der Waals surface area contributed by atoms with Gasteiger partial charge in [-0.15, -0.1) is 0 Å². The molecule has 1 heterocycles. The molecule has 1 aromatic carbocycles. The standard InChI is InChI=1S/C14H18N2O5/c1-2-21-12-7-3-6-11(16(19)20)13(12)14(18)15-8-4-5-10(17)9-15/h3,6-7,10,17H,2,4-5,8-9H2,1H3. The first-order chi connectivity index (χ1) is 10.0. The number of β-amino-alcohol motifs (C(OH)–C–C–N with tert-alkyl or cyclic N) is 1. The number of rotatable bonds is 4. The van der Waals surface area contributed by atoms with Crippen LogP contribution >= 0.6 is 0 Å². The van der Waals surface area contributed by atoms with E-state index in [0.717, 1.165) is 0 Å². The van der Waals surface area contributed by atoms with E-state index in [1.165, 1.54) is 17.0 Å². The summed E-state index contributed by atoms with van der Waals surface area (Å²) in [4.78, 5) is 24.6. The number of aliphatic hydroxyl groups excluding tert-OH is 1. The van der Waals surface area contributed by atoms with Crippen molar-refractivity contribution < 1.29 is 19.6 Å². The van der Waals surface area contributed by atoms with Crippen molar-refractivity contribution in [3.63, 3.8) is 0 Å². The molecule has 1 saturated heterocycles. The van der Waals surface area contributed by atoms with Crippen LogP contribution in [-0.2, 0) is 0 Å². The highest BCUT2D eigenvalue weighted by molar-refractivity contribution is 6.01. The van der Waals surface area contributed by atoms with Gasteiger partial charge in [0.1, 0.15) is 5.75 Å². The Labute approximate surface area is 122 Å². The van der Waals surface area contributed by atoms with Crippen molar-refractivity contribution in [2.24, 2.45) is 0 Å². The maximum Gasteiger partial charge on any atom is 0.285 e. The smallest absolute Gasteiger partial charge is 0.285 e. The van der Waals surface area contributed by atoms with Crippen LogP contribution in [0.25, 0.3) is 0 Å². The van der Waals surface area contributed by atoms with Crippen molar-refractivity contribution in [1.82, 2.24) is 4.90 Å². The van der Waals surface area contributed by atoms with Gasteiger partial charge < -0.3 is 14.7 Å². The summed E-state index contributed by atoms with van der Waals surface area (Å²) in [6.07, 6.45) is 0.734. The van der Waals surface area contributed by atoms with Gasteiger partial charge in [-0.3, -0.25) is 14.9 Å². The molecule has 0 saturated carbocycles. The van der Waals surface area contributed by atoms with E-state index in [2.05, 4.69) is 0 Å². The fraction of sp³-hybridized carbons (Fsp3) is 0.500. The summed E-state index contributed by atoms with van der Waals surface area (Å²) in [5.74, 6) is -0.263. The summed E-state index contributed by atoms with van der Waals surface area (Å²) >= 11 is 0. The van der Waals surface area contributed by atoms with Crippen LogP contribution in [0.5, 0.6) is 5.75 Å². The highest BCUT2D eigenvalue weighted by Crippen LogP contribution is 2.30. The number of hydrogen-bond donors (Lipinski definition) is 1. The number of nitro groups is 1. The number of amides is 1. The molecule has 1 aliphatic rings. The summed E-state index contributed by atoms with van der Waals surface area (Å²) in [6.45, 7) is 2.73. The van der Waals surface area contributed by atoms with E-state index in [1.54, 1.807) is 13.0 Å². The van der Waals surface area contributed by atoms with Crippen LogP contribution in [0.15, 0.2) is 18.2 Å². The van der Waals surface area contributed by atoms with Crippen LogP contribution in [0.4, 0.5) is 5.69 Å². The summed E-state index contributed by atoms with van der Waals surface area (Å²) < 4.78 is 5.35. The van der Waals surface area contributed by atoms with E-state index in [9.17, 15) is 20.0 Å². The van der Waals surface area contributed by atoms with Crippen molar-refractivity contribution >= 4 is 11.6 Å². The third-order valence-corrected chi connectivity index (χ3v) is 3.40. The highest BCUT2D eigenvalue weighted by Gasteiger charge is 2.31. The number of carbonyl (C=O) groups is 1. The fourth-order valence-corrected chi connectivity index (χ4v) is 2.46. The zero-order chi connectivity index (χ0) is 15.4. The average molecular weight is 294 g/mol. The molecule has 1 aliphatic heterocycles. The maximum atomic E-state index is 12.6. The Morgan fingerprint density at radius 2 is 2.33 bits per heavy atom. The molecule has 1 unspecified atom stereocenters. The molecule has 0 aliphatic carbocycles. The van der Waals surface area contributed by atoms with Gasteiger partial charge in [-0.05, 0) is 25.8 Å². The second kappa shape index (κ2) is 6.53. The Balaban J connectivity index is 2.39. The van der Waals surface area contributed by atoms with Crippen LogP contribution < -0.4 is 4.74 Å². The number of piperidine rings is 1. The van der Waals surface area contributed by atoms with Gasteiger partial charge in [-0.1, -0.05) is 6.07 Å². The molecule has 1 amide bonds. The minimum Gasteiger partial charge on any atom is -0.493 e. The first-order valence-corrected chi connectivity index (χ1v) is 6.92. The zero-order valence-corrected chi connectivity index (χ0v) is 11.8. The average Bonchev–Trinajstić information content (AvgIpc) is 2.46. The number of likely N-dealkylation sites (tertiary alicyclic amines) is 1. The van der Waals surface area contributed by atoms with Crippen LogP contribution in [0.3, 0.4) is 0 Å². The molecule has 0 radical (unpaired) electrons. The van der Waals surface area contributed by atoms with Crippen LogP contribution in [0.2, 0.25) is 0 Å². The molecule has 7 heteroatoms. The number of ether oxygens (including phenoxy) is 1. The zero-order valence-electron chi connectivity index (χ0n) is 11.8. The minimum atomic E-state index is -0.587. The summed E-state index contributed by atoms with van der Waals surface area (Å²) in [7, 11) is 0. The Morgan fingerprint density at radius 1 is 1.57 bits per heavy atom. The van der Waals surface area contributed by atoms with Crippen LogP contribution in [0, 0.1) is 10.1 Å². The Hall–Kier alpha value is -2.15. The molecule has 0 aromatic heterocycles. The van der Waals surface area contributed by atoms with E-state index < -0.39 is 16.9 Å². The highest BCUT2D eigenvalue weighted by atomic mass is 16.6. The third kappa shape index (κ3) is 3.30.